The van der Waals surface area contributed by atoms with Crippen LogP contribution in [0.4, 0.5) is 5.69 Å². The Morgan fingerprint density at radius 3 is 2.56 bits per heavy atom. The molecule has 2 heterocycles. The SMILES string of the molecule is COc1ccc(NC(=O)Cc2c(C)nn(-c3nc(C)cs3)c2C)cc1. The summed E-state index contributed by atoms with van der Waals surface area (Å²) in [5.74, 6) is 0.677. The molecule has 1 amide bonds. The van der Waals surface area contributed by atoms with Gasteiger partial charge in [0.2, 0.25) is 11.0 Å². The van der Waals surface area contributed by atoms with E-state index in [-0.39, 0.29) is 12.3 Å². The van der Waals surface area contributed by atoms with Crippen molar-refractivity contribution in [1.29, 1.82) is 0 Å². The molecule has 130 valence electrons. The number of carbonyl (C=O) groups excluding carboxylic acids is 1. The molecule has 3 aromatic rings. The number of ether oxygens (including phenoxy) is 1. The van der Waals surface area contributed by atoms with Crippen LogP contribution >= 0.6 is 11.3 Å². The van der Waals surface area contributed by atoms with Crippen LogP contribution in [0, 0.1) is 20.8 Å². The van der Waals surface area contributed by atoms with E-state index in [0.29, 0.717) is 0 Å². The Kier molecular flexibility index (Phi) is 4.85. The molecule has 3 rings (SSSR count). The van der Waals surface area contributed by atoms with E-state index in [1.807, 2.05) is 55.1 Å². The molecule has 7 heteroatoms. The highest BCUT2D eigenvalue weighted by Crippen LogP contribution is 2.22. The molecule has 0 aliphatic rings. The summed E-state index contributed by atoms with van der Waals surface area (Å²) >= 11 is 1.54. The van der Waals surface area contributed by atoms with Gasteiger partial charge in [0.25, 0.3) is 0 Å². The van der Waals surface area contributed by atoms with E-state index in [1.54, 1.807) is 18.4 Å². The van der Waals surface area contributed by atoms with Gasteiger partial charge in [-0.15, -0.1) is 11.3 Å². The van der Waals surface area contributed by atoms with E-state index < -0.39 is 0 Å². The number of nitrogens with one attached hydrogen (secondary N) is 1. The third kappa shape index (κ3) is 3.71. The monoisotopic (exact) mass is 356 g/mol. The minimum atomic E-state index is -0.0776. The average molecular weight is 356 g/mol. The fraction of sp³-hybridized carbons (Fsp3) is 0.278. The molecule has 0 bridgehead atoms. The highest BCUT2D eigenvalue weighted by molar-refractivity contribution is 7.12. The van der Waals surface area contributed by atoms with Crippen molar-refractivity contribution in [1.82, 2.24) is 14.8 Å². The van der Waals surface area contributed by atoms with E-state index >= 15 is 0 Å². The molecule has 0 spiro atoms. The lowest BCUT2D eigenvalue weighted by Crippen LogP contribution is -2.15. The Bertz CT molecular complexity index is 896. The molecule has 0 aliphatic heterocycles. The third-order valence-corrected chi connectivity index (χ3v) is 4.87. The predicted molar refractivity (Wildman–Crippen MR) is 98.8 cm³/mol. The van der Waals surface area contributed by atoms with E-state index in [2.05, 4.69) is 15.4 Å². The van der Waals surface area contributed by atoms with Crippen molar-refractivity contribution in [3.8, 4) is 10.9 Å². The van der Waals surface area contributed by atoms with Gasteiger partial charge in [-0.25, -0.2) is 9.67 Å². The molecule has 2 aromatic heterocycles. The fourth-order valence-corrected chi connectivity index (χ4v) is 3.40. The number of benzene rings is 1. The van der Waals surface area contributed by atoms with E-state index in [0.717, 1.165) is 39.2 Å². The summed E-state index contributed by atoms with van der Waals surface area (Å²) in [6.07, 6.45) is 0.272. The molecule has 25 heavy (non-hydrogen) atoms. The smallest absolute Gasteiger partial charge is 0.228 e. The highest BCUT2D eigenvalue weighted by atomic mass is 32.1. The fourth-order valence-electron chi connectivity index (χ4n) is 2.60. The lowest BCUT2D eigenvalue weighted by atomic mass is 10.1. The summed E-state index contributed by atoms with van der Waals surface area (Å²) in [5.41, 5.74) is 4.42. The summed E-state index contributed by atoms with van der Waals surface area (Å²) in [6, 6.07) is 7.26. The molecule has 0 radical (unpaired) electrons. The molecular weight excluding hydrogens is 336 g/mol. The number of anilines is 1. The molecular formula is C18H20N4O2S. The van der Waals surface area contributed by atoms with Crippen LogP contribution in [0.2, 0.25) is 0 Å². The zero-order valence-corrected chi connectivity index (χ0v) is 15.5. The van der Waals surface area contributed by atoms with Gasteiger partial charge in [-0.1, -0.05) is 0 Å². The minimum Gasteiger partial charge on any atom is -0.497 e. The lowest BCUT2D eigenvalue weighted by Gasteiger charge is -2.07. The van der Waals surface area contributed by atoms with Crippen LogP contribution in [0.3, 0.4) is 0 Å². The van der Waals surface area contributed by atoms with Gasteiger partial charge in [-0.05, 0) is 45.0 Å². The number of nitrogens with zero attached hydrogens (tertiary/aromatic N) is 3. The van der Waals surface area contributed by atoms with Crippen LogP contribution in [-0.2, 0) is 11.2 Å². The molecule has 1 N–H and O–H groups in total. The number of carbonyl (C=O) groups is 1. The molecule has 0 fully saturated rings. The van der Waals surface area contributed by atoms with Gasteiger partial charge in [-0.2, -0.15) is 5.10 Å². The first-order valence-electron chi connectivity index (χ1n) is 7.89. The van der Waals surface area contributed by atoms with Gasteiger partial charge in [-0.3, -0.25) is 4.79 Å². The van der Waals surface area contributed by atoms with Crippen LogP contribution in [0.25, 0.3) is 5.13 Å². The van der Waals surface area contributed by atoms with Crippen molar-refractivity contribution in [2.45, 2.75) is 27.2 Å². The number of amides is 1. The molecule has 0 saturated carbocycles. The van der Waals surface area contributed by atoms with Gasteiger partial charge in [0.1, 0.15) is 5.75 Å². The first-order chi connectivity index (χ1) is 12.0. The zero-order chi connectivity index (χ0) is 18.0. The van der Waals surface area contributed by atoms with Crippen molar-refractivity contribution in [2.75, 3.05) is 12.4 Å². The third-order valence-electron chi connectivity index (χ3n) is 3.94. The van der Waals surface area contributed by atoms with Gasteiger partial charge >= 0.3 is 0 Å². The first-order valence-corrected chi connectivity index (χ1v) is 8.77. The average Bonchev–Trinajstić information content (AvgIpc) is 3.14. The number of methoxy groups -OCH3 is 1. The maximum atomic E-state index is 12.4. The second-order valence-corrected chi connectivity index (χ2v) is 6.62. The van der Waals surface area contributed by atoms with Crippen molar-refractivity contribution >= 4 is 22.9 Å². The van der Waals surface area contributed by atoms with Crippen LogP contribution in [0.15, 0.2) is 29.6 Å². The van der Waals surface area contributed by atoms with Gasteiger partial charge in [0, 0.05) is 22.3 Å². The summed E-state index contributed by atoms with van der Waals surface area (Å²) in [5, 5.41) is 10.3. The van der Waals surface area contributed by atoms with Crippen molar-refractivity contribution < 1.29 is 9.53 Å². The molecule has 0 aliphatic carbocycles. The normalized spacial score (nSPS) is 10.7. The Labute approximate surface area is 150 Å². The second kappa shape index (κ2) is 7.06. The number of aromatic nitrogens is 3. The number of hydrogen-bond acceptors (Lipinski definition) is 5. The minimum absolute atomic E-state index is 0.0776. The zero-order valence-electron chi connectivity index (χ0n) is 14.7. The van der Waals surface area contributed by atoms with Gasteiger partial charge < -0.3 is 10.1 Å². The first kappa shape index (κ1) is 17.2. The number of rotatable bonds is 5. The van der Waals surface area contributed by atoms with Crippen LogP contribution in [0.1, 0.15) is 22.6 Å². The second-order valence-electron chi connectivity index (χ2n) is 5.79. The summed E-state index contributed by atoms with van der Waals surface area (Å²) in [7, 11) is 1.61. The maximum Gasteiger partial charge on any atom is 0.228 e. The Morgan fingerprint density at radius 2 is 1.96 bits per heavy atom. The van der Waals surface area contributed by atoms with Crippen molar-refractivity contribution in [2.24, 2.45) is 0 Å². The van der Waals surface area contributed by atoms with E-state index in [1.165, 1.54) is 0 Å². The lowest BCUT2D eigenvalue weighted by molar-refractivity contribution is -0.115. The molecule has 0 saturated heterocycles. The summed E-state index contributed by atoms with van der Waals surface area (Å²) in [4.78, 5) is 16.9. The van der Waals surface area contributed by atoms with Crippen LogP contribution in [-0.4, -0.2) is 27.8 Å². The summed E-state index contributed by atoms with van der Waals surface area (Å²) in [6.45, 7) is 5.83. The Hall–Kier alpha value is -2.67. The predicted octanol–water partition coefficient (Wildman–Crippen LogP) is 3.44. The molecule has 0 unspecified atom stereocenters. The highest BCUT2D eigenvalue weighted by Gasteiger charge is 2.17. The summed E-state index contributed by atoms with van der Waals surface area (Å²) < 4.78 is 6.93. The Morgan fingerprint density at radius 1 is 1.24 bits per heavy atom. The number of thiazole rings is 1. The molecule has 0 atom stereocenters. The van der Waals surface area contributed by atoms with Crippen LogP contribution in [0.5, 0.6) is 5.75 Å². The van der Waals surface area contributed by atoms with Crippen LogP contribution < -0.4 is 10.1 Å². The number of aryl methyl sites for hydroxylation is 2. The topological polar surface area (TPSA) is 69.0 Å². The number of hydrogen-bond donors (Lipinski definition) is 1. The quantitative estimate of drug-likeness (QED) is 0.760. The molecule has 6 nitrogen and oxygen atoms in total. The van der Waals surface area contributed by atoms with Gasteiger partial charge in [0.05, 0.1) is 24.9 Å². The molecule has 1 aromatic carbocycles. The van der Waals surface area contributed by atoms with Crippen molar-refractivity contribution in [3.05, 3.63) is 52.3 Å². The van der Waals surface area contributed by atoms with E-state index in [4.69, 9.17) is 4.74 Å². The largest absolute Gasteiger partial charge is 0.497 e. The van der Waals surface area contributed by atoms with E-state index in [9.17, 15) is 4.79 Å². The standard InChI is InChI=1S/C18H20N4O2S/c1-11-10-25-18(19-11)22-13(3)16(12(2)21-22)9-17(23)20-14-5-7-15(24-4)8-6-14/h5-8,10H,9H2,1-4H3,(H,20,23). The Balaban J connectivity index is 1.75. The maximum absolute atomic E-state index is 12.4. The van der Waals surface area contributed by atoms with Crippen molar-refractivity contribution in [3.63, 3.8) is 0 Å². The van der Waals surface area contributed by atoms with Gasteiger partial charge in [0.15, 0.2) is 0 Å².